The number of aromatic nitrogens is 2. The van der Waals surface area contributed by atoms with Gasteiger partial charge in [-0.3, -0.25) is 14.2 Å². The number of para-hydroxylation sites is 2. The second kappa shape index (κ2) is 4.48. The van der Waals surface area contributed by atoms with Crippen molar-refractivity contribution in [3.05, 3.63) is 52.9 Å². The fourth-order valence-corrected chi connectivity index (χ4v) is 2.71. The Hall–Kier alpha value is -2.56. The van der Waals surface area contributed by atoms with Gasteiger partial charge in [0, 0.05) is 12.2 Å². The van der Waals surface area contributed by atoms with E-state index in [2.05, 4.69) is 5.32 Å². The molecule has 0 atom stereocenters. The van der Waals surface area contributed by atoms with E-state index < -0.39 is 0 Å². The molecule has 0 unspecified atom stereocenters. The molecule has 1 fully saturated rings. The minimum atomic E-state index is -0.135. The molecule has 0 radical (unpaired) electrons. The molecule has 0 spiro atoms. The van der Waals surface area contributed by atoms with Crippen LogP contribution in [0.2, 0.25) is 0 Å². The van der Waals surface area contributed by atoms with Gasteiger partial charge in [-0.25, -0.2) is 0 Å². The van der Waals surface area contributed by atoms with Crippen molar-refractivity contribution in [1.82, 2.24) is 14.3 Å². The summed E-state index contributed by atoms with van der Waals surface area (Å²) in [6, 6.07) is 11.6. The molecule has 0 bridgehead atoms. The Bertz CT molecular complexity index is 903. The fourth-order valence-electron chi connectivity index (χ4n) is 2.71. The number of nitrogens with zero attached hydrogens (tertiary/aromatic N) is 2. The van der Waals surface area contributed by atoms with E-state index in [0.29, 0.717) is 11.6 Å². The second-order valence-corrected chi connectivity index (χ2v) is 5.49. The SMILES string of the molecule is O=C(Cn1c(=O)c2cccn2c2ccccc21)NC1CC1. The Morgan fingerprint density at radius 3 is 2.57 bits per heavy atom. The zero-order valence-corrected chi connectivity index (χ0v) is 11.5. The quantitative estimate of drug-likeness (QED) is 0.791. The van der Waals surface area contributed by atoms with Crippen LogP contribution in [0, 0.1) is 0 Å². The van der Waals surface area contributed by atoms with Gasteiger partial charge in [0.25, 0.3) is 5.56 Å². The molecule has 5 nitrogen and oxygen atoms in total. The smallest absolute Gasteiger partial charge is 0.275 e. The molecule has 21 heavy (non-hydrogen) atoms. The average Bonchev–Trinajstić information content (AvgIpc) is 3.15. The van der Waals surface area contributed by atoms with Crippen LogP contribution in [-0.4, -0.2) is 20.9 Å². The van der Waals surface area contributed by atoms with Crippen molar-refractivity contribution >= 4 is 22.5 Å². The minimum absolute atomic E-state index is 0.0670. The summed E-state index contributed by atoms with van der Waals surface area (Å²) in [6.45, 7) is 0.0670. The van der Waals surface area contributed by atoms with E-state index in [1.54, 1.807) is 10.6 Å². The number of nitrogens with one attached hydrogen (secondary N) is 1. The first-order valence-corrected chi connectivity index (χ1v) is 7.12. The maximum Gasteiger partial charge on any atom is 0.275 e. The predicted octanol–water partition coefficient (Wildman–Crippen LogP) is 1.53. The topological polar surface area (TPSA) is 55.5 Å². The van der Waals surface area contributed by atoms with Gasteiger partial charge in [0.2, 0.25) is 5.91 Å². The van der Waals surface area contributed by atoms with Crippen LogP contribution in [0.15, 0.2) is 47.4 Å². The van der Waals surface area contributed by atoms with E-state index in [1.165, 1.54) is 0 Å². The zero-order chi connectivity index (χ0) is 14.4. The summed E-state index contributed by atoms with van der Waals surface area (Å²) in [5, 5.41) is 2.93. The summed E-state index contributed by atoms with van der Waals surface area (Å²) < 4.78 is 3.43. The molecule has 1 aliphatic carbocycles. The Morgan fingerprint density at radius 2 is 1.81 bits per heavy atom. The number of carbonyl (C=O) groups is 1. The van der Waals surface area contributed by atoms with E-state index in [-0.39, 0.29) is 18.0 Å². The maximum atomic E-state index is 12.6. The molecule has 1 N–H and O–H groups in total. The normalized spacial score (nSPS) is 14.7. The van der Waals surface area contributed by atoms with Crippen molar-refractivity contribution in [2.45, 2.75) is 25.4 Å². The summed E-state index contributed by atoms with van der Waals surface area (Å²) >= 11 is 0. The largest absolute Gasteiger partial charge is 0.352 e. The fraction of sp³-hybridized carbons (Fsp3) is 0.250. The molecule has 2 heterocycles. The van der Waals surface area contributed by atoms with E-state index >= 15 is 0 Å². The van der Waals surface area contributed by atoms with Gasteiger partial charge < -0.3 is 9.72 Å². The molecule has 1 saturated carbocycles. The molecular formula is C16H15N3O2. The first kappa shape index (κ1) is 12.2. The van der Waals surface area contributed by atoms with Crippen molar-refractivity contribution < 1.29 is 4.79 Å². The lowest BCUT2D eigenvalue weighted by Gasteiger charge is -2.12. The Kier molecular flexibility index (Phi) is 2.60. The van der Waals surface area contributed by atoms with Gasteiger partial charge in [-0.1, -0.05) is 12.1 Å². The lowest BCUT2D eigenvalue weighted by atomic mass is 10.2. The Balaban J connectivity index is 1.89. The number of benzene rings is 1. The van der Waals surface area contributed by atoms with Crippen LogP contribution >= 0.6 is 0 Å². The summed E-state index contributed by atoms with van der Waals surface area (Å²) in [7, 11) is 0. The lowest BCUT2D eigenvalue weighted by molar-refractivity contribution is -0.121. The number of fused-ring (bicyclic) bond motifs is 3. The zero-order valence-electron chi connectivity index (χ0n) is 11.5. The van der Waals surface area contributed by atoms with Gasteiger partial charge in [0.15, 0.2) is 0 Å². The molecule has 4 rings (SSSR count). The second-order valence-electron chi connectivity index (χ2n) is 5.49. The van der Waals surface area contributed by atoms with Crippen LogP contribution in [0.25, 0.3) is 16.6 Å². The van der Waals surface area contributed by atoms with Crippen molar-refractivity contribution in [2.24, 2.45) is 0 Å². The molecule has 3 aromatic rings. The highest BCUT2D eigenvalue weighted by Gasteiger charge is 2.23. The molecule has 1 aromatic carbocycles. The highest BCUT2D eigenvalue weighted by atomic mass is 16.2. The van der Waals surface area contributed by atoms with Crippen molar-refractivity contribution in [3.63, 3.8) is 0 Å². The summed E-state index contributed by atoms with van der Waals surface area (Å²) in [5.74, 6) is -0.0966. The Labute approximate surface area is 120 Å². The lowest BCUT2D eigenvalue weighted by Crippen LogP contribution is -2.34. The van der Waals surface area contributed by atoms with Crippen molar-refractivity contribution in [1.29, 1.82) is 0 Å². The van der Waals surface area contributed by atoms with Crippen LogP contribution in [-0.2, 0) is 11.3 Å². The summed E-state index contributed by atoms with van der Waals surface area (Å²) in [5.41, 5.74) is 2.16. The maximum absolute atomic E-state index is 12.6. The Morgan fingerprint density at radius 1 is 1.10 bits per heavy atom. The van der Waals surface area contributed by atoms with Gasteiger partial charge in [-0.05, 0) is 37.1 Å². The summed E-state index contributed by atoms with van der Waals surface area (Å²) in [4.78, 5) is 24.7. The van der Waals surface area contributed by atoms with E-state index in [4.69, 9.17) is 0 Å². The van der Waals surface area contributed by atoms with Crippen LogP contribution in [0.1, 0.15) is 12.8 Å². The highest BCUT2D eigenvalue weighted by molar-refractivity contribution is 5.82. The molecular weight excluding hydrogens is 266 g/mol. The first-order valence-electron chi connectivity index (χ1n) is 7.12. The number of amides is 1. The van der Waals surface area contributed by atoms with E-state index in [9.17, 15) is 9.59 Å². The van der Waals surface area contributed by atoms with Crippen LogP contribution in [0.5, 0.6) is 0 Å². The molecule has 1 aliphatic rings. The third kappa shape index (κ3) is 2.01. The molecule has 106 valence electrons. The molecule has 0 aliphatic heterocycles. The first-order chi connectivity index (χ1) is 10.2. The van der Waals surface area contributed by atoms with Crippen LogP contribution in [0.3, 0.4) is 0 Å². The van der Waals surface area contributed by atoms with Gasteiger partial charge in [0.05, 0.1) is 11.0 Å². The third-order valence-electron chi connectivity index (χ3n) is 3.89. The third-order valence-corrected chi connectivity index (χ3v) is 3.89. The highest BCUT2D eigenvalue weighted by Crippen LogP contribution is 2.19. The van der Waals surface area contributed by atoms with Crippen LogP contribution < -0.4 is 10.9 Å². The molecule has 2 aromatic heterocycles. The van der Waals surface area contributed by atoms with E-state index in [1.807, 2.05) is 40.9 Å². The van der Waals surface area contributed by atoms with Gasteiger partial charge >= 0.3 is 0 Å². The summed E-state index contributed by atoms with van der Waals surface area (Å²) in [6.07, 6.45) is 3.95. The molecule has 5 heteroatoms. The average molecular weight is 281 g/mol. The van der Waals surface area contributed by atoms with Crippen molar-refractivity contribution in [2.75, 3.05) is 0 Å². The molecule has 1 amide bonds. The van der Waals surface area contributed by atoms with Gasteiger partial charge in [-0.2, -0.15) is 0 Å². The minimum Gasteiger partial charge on any atom is -0.352 e. The number of hydrogen-bond acceptors (Lipinski definition) is 2. The van der Waals surface area contributed by atoms with Crippen LogP contribution in [0.4, 0.5) is 0 Å². The van der Waals surface area contributed by atoms with Gasteiger partial charge in [0.1, 0.15) is 12.1 Å². The predicted molar refractivity (Wildman–Crippen MR) is 80.3 cm³/mol. The van der Waals surface area contributed by atoms with Gasteiger partial charge in [-0.15, -0.1) is 0 Å². The standard InChI is InChI=1S/C16H15N3O2/c20-15(17-11-7-8-11)10-19-13-5-2-1-4-12(13)18-9-3-6-14(18)16(19)21/h1-6,9,11H,7-8,10H2,(H,17,20). The molecule has 0 saturated heterocycles. The number of hydrogen-bond donors (Lipinski definition) is 1. The monoisotopic (exact) mass is 281 g/mol. The van der Waals surface area contributed by atoms with E-state index in [0.717, 1.165) is 23.9 Å². The number of carbonyl (C=O) groups excluding carboxylic acids is 1. The number of rotatable bonds is 3. The van der Waals surface area contributed by atoms with Crippen molar-refractivity contribution in [3.8, 4) is 0 Å².